The lowest BCUT2D eigenvalue weighted by Gasteiger charge is -2.19. The van der Waals surface area contributed by atoms with Crippen molar-refractivity contribution in [3.8, 4) is 5.88 Å². The van der Waals surface area contributed by atoms with Crippen LogP contribution in [0, 0.1) is 0 Å². The third-order valence-electron chi connectivity index (χ3n) is 4.55. The fourth-order valence-electron chi connectivity index (χ4n) is 2.91. The van der Waals surface area contributed by atoms with Crippen molar-refractivity contribution < 1.29 is 4.74 Å². The van der Waals surface area contributed by atoms with Gasteiger partial charge in [0.1, 0.15) is 0 Å². The lowest BCUT2D eigenvalue weighted by atomic mass is 9.96. The van der Waals surface area contributed by atoms with E-state index in [0.717, 1.165) is 18.1 Å². The van der Waals surface area contributed by atoms with Crippen LogP contribution in [0.5, 0.6) is 5.88 Å². The Morgan fingerprint density at radius 2 is 1.92 bits per heavy atom. The first-order valence-electron chi connectivity index (χ1n) is 8.25. The molecular weight excluding hydrogens is 427 g/mol. The lowest BCUT2D eigenvalue weighted by Crippen LogP contribution is -2.40. The number of nitrogens with zero attached hydrogens (tertiary/aromatic N) is 2. The molecular formula is C19H25IN4O. The molecule has 1 aromatic carbocycles. The molecule has 1 saturated carbocycles. The molecule has 1 heterocycles. The van der Waals surface area contributed by atoms with Crippen molar-refractivity contribution in [2.45, 2.75) is 24.8 Å². The van der Waals surface area contributed by atoms with Crippen LogP contribution in [0.3, 0.4) is 0 Å². The van der Waals surface area contributed by atoms with Gasteiger partial charge in [0.2, 0.25) is 5.88 Å². The van der Waals surface area contributed by atoms with Crippen LogP contribution in [0.4, 0.5) is 0 Å². The quantitative estimate of drug-likeness (QED) is 0.402. The van der Waals surface area contributed by atoms with E-state index in [9.17, 15) is 0 Å². The highest BCUT2D eigenvalue weighted by Crippen LogP contribution is 2.47. The predicted octanol–water partition coefficient (Wildman–Crippen LogP) is 3.11. The third kappa shape index (κ3) is 4.84. The molecule has 3 rings (SSSR count). The third-order valence-corrected chi connectivity index (χ3v) is 4.55. The van der Waals surface area contributed by atoms with Gasteiger partial charge in [0.25, 0.3) is 0 Å². The summed E-state index contributed by atoms with van der Waals surface area (Å²) >= 11 is 0. The number of aromatic nitrogens is 1. The number of benzene rings is 1. The number of hydrogen-bond acceptors (Lipinski definition) is 3. The Morgan fingerprint density at radius 3 is 2.56 bits per heavy atom. The Kier molecular flexibility index (Phi) is 7.04. The highest BCUT2D eigenvalue weighted by molar-refractivity contribution is 14.0. The van der Waals surface area contributed by atoms with Crippen molar-refractivity contribution in [1.82, 2.24) is 15.6 Å². The fraction of sp³-hybridized carbons (Fsp3) is 0.368. The number of methoxy groups -OCH3 is 1. The van der Waals surface area contributed by atoms with Gasteiger partial charge in [0, 0.05) is 37.3 Å². The first-order chi connectivity index (χ1) is 11.8. The molecule has 0 aliphatic heterocycles. The van der Waals surface area contributed by atoms with Crippen molar-refractivity contribution in [1.29, 1.82) is 0 Å². The molecule has 134 valence electrons. The largest absolute Gasteiger partial charge is 0.481 e. The standard InChI is InChI=1S/C19H24N4O.HI/c1-20-18(22-13-15-7-6-12-21-17(15)24-2)23-14-19(10-11-19)16-8-4-3-5-9-16;/h3-9,12H,10-11,13-14H2,1-2H3,(H2,20,22,23);1H. The Bertz CT molecular complexity index is 702. The number of rotatable bonds is 6. The monoisotopic (exact) mass is 452 g/mol. The number of ether oxygens (including phenoxy) is 1. The van der Waals surface area contributed by atoms with Gasteiger partial charge in [0.05, 0.1) is 7.11 Å². The summed E-state index contributed by atoms with van der Waals surface area (Å²) in [5, 5.41) is 6.79. The molecule has 2 N–H and O–H groups in total. The van der Waals surface area contributed by atoms with Crippen LogP contribution >= 0.6 is 24.0 Å². The minimum Gasteiger partial charge on any atom is -0.481 e. The highest BCUT2D eigenvalue weighted by Gasteiger charge is 2.43. The van der Waals surface area contributed by atoms with Crippen LogP contribution < -0.4 is 15.4 Å². The number of nitrogens with one attached hydrogen (secondary N) is 2. The Labute approximate surface area is 166 Å². The smallest absolute Gasteiger partial charge is 0.218 e. The van der Waals surface area contributed by atoms with Gasteiger partial charge >= 0.3 is 0 Å². The molecule has 0 saturated heterocycles. The minimum atomic E-state index is 0. The van der Waals surface area contributed by atoms with Gasteiger partial charge < -0.3 is 15.4 Å². The van der Waals surface area contributed by atoms with Crippen molar-refractivity contribution >= 4 is 29.9 Å². The Balaban J connectivity index is 0.00000225. The summed E-state index contributed by atoms with van der Waals surface area (Å²) in [6.45, 7) is 1.51. The van der Waals surface area contributed by atoms with E-state index in [-0.39, 0.29) is 29.4 Å². The van der Waals surface area contributed by atoms with E-state index in [0.29, 0.717) is 12.4 Å². The van der Waals surface area contributed by atoms with E-state index in [1.165, 1.54) is 18.4 Å². The van der Waals surface area contributed by atoms with Crippen LogP contribution in [0.2, 0.25) is 0 Å². The normalized spacial score (nSPS) is 15.0. The molecule has 1 aromatic heterocycles. The molecule has 0 unspecified atom stereocenters. The van der Waals surface area contributed by atoms with Crippen LogP contribution in [-0.2, 0) is 12.0 Å². The predicted molar refractivity (Wildman–Crippen MR) is 112 cm³/mol. The van der Waals surface area contributed by atoms with Gasteiger partial charge in [-0.2, -0.15) is 0 Å². The number of guanidine groups is 1. The van der Waals surface area contributed by atoms with Crippen molar-refractivity contribution in [3.05, 3.63) is 59.8 Å². The van der Waals surface area contributed by atoms with Gasteiger partial charge in [-0.1, -0.05) is 36.4 Å². The highest BCUT2D eigenvalue weighted by atomic mass is 127. The number of pyridine rings is 1. The molecule has 5 nitrogen and oxygen atoms in total. The topological polar surface area (TPSA) is 58.5 Å². The molecule has 6 heteroatoms. The zero-order chi connectivity index (χ0) is 16.8. The number of aliphatic imine (C=N–C) groups is 1. The van der Waals surface area contributed by atoms with E-state index in [2.05, 4.69) is 50.9 Å². The first-order valence-corrected chi connectivity index (χ1v) is 8.25. The van der Waals surface area contributed by atoms with E-state index >= 15 is 0 Å². The second-order valence-electron chi connectivity index (χ2n) is 6.10. The Hall–Kier alpha value is -1.83. The maximum atomic E-state index is 5.28. The fourth-order valence-corrected chi connectivity index (χ4v) is 2.91. The molecule has 1 fully saturated rings. The van der Waals surface area contributed by atoms with Crippen molar-refractivity contribution in [2.24, 2.45) is 4.99 Å². The molecule has 0 radical (unpaired) electrons. The second-order valence-corrected chi connectivity index (χ2v) is 6.10. The van der Waals surface area contributed by atoms with Gasteiger partial charge in [-0.3, -0.25) is 4.99 Å². The molecule has 0 amide bonds. The van der Waals surface area contributed by atoms with Gasteiger partial charge in [-0.15, -0.1) is 24.0 Å². The zero-order valence-corrected chi connectivity index (χ0v) is 17.0. The van der Waals surface area contributed by atoms with E-state index in [4.69, 9.17) is 4.74 Å². The summed E-state index contributed by atoms with van der Waals surface area (Å²) in [5.74, 6) is 1.44. The van der Waals surface area contributed by atoms with Gasteiger partial charge in [-0.25, -0.2) is 4.98 Å². The molecule has 25 heavy (non-hydrogen) atoms. The summed E-state index contributed by atoms with van der Waals surface area (Å²) < 4.78 is 5.28. The van der Waals surface area contributed by atoms with Crippen LogP contribution in [0.15, 0.2) is 53.7 Å². The summed E-state index contributed by atoms with van der Waals surface area (Å²) in [4.78, 5) is 8.53. The second kappa shape index (κ2) is 9.03. The molecule has 2 aromatic rings. The van der Waals surface area contributed by atoms with Crippen LogP contribution in [0.25, 0.3) is 0 Å². The number of halogens is 1. The van der Waals surface area contributed by atoms with Crippen LogP contribution in [-0.4, -0.2) is 31.6 Å². The lowest BCUT2D eigenvalue weighted by molar-refractivity contribution is 0.392. The maximum Gasteiger partial charge on any atom is 0.218 e. The van der Waals surface area contributed by atoms with E-state index in [1.807, 2.05) is 12.1 Å². The maximum absolute atomic E-state index is 5.28. The summed E-state index contributed by atoms with van der Waals surface area (Å²) in [5.41, 5.74) is 2.67. The molecule has 0 spiro atoms. The van der Waals surface area contributed by atoms with Gasteiger partial charge in [0.15, 0.2) is 5.96 Å². The summed E-state index contributed by atoms with van der Waals surface area (Å²) in [6.07, 6.45) is 4.17. The number of hydrogen-bond donors (Lipinski definition) is 2. The first kappa shape index (κ1) is 19.5. The van der Waals surface area contributed by atoms with Crippen LogP contribution in [0.1, 0.15) is 24.0 Å². The van der Waals surface area contributed by atoms with Gasteiger partial charge in [-0.05, 0) is 24.5 Å². The Morgan fingerprint density at radius 1 is 1.16 bits per heavy atom. The summed E-state index contributed by atoms with van der Waals surface area (Å²) in [7, 11) is 3.42. The average Bonchev–Trinajstić information content (AvgIpc) is 3.44. The molecule has 0 bridgehead atoms. The molecule has 0 atom stereocenters. The van der Waals surface area contributed by atoms with Crippen molar-refractivity contribution in [2.75, 3.05) is 20.7 Å². The molecule has 1 aliphatic rings. The summed E-state index contributed by atoms with van der Waals surface area (Å²) in [6, 6.07) is 14.6. The van der Waals surface area contributed by atoms with E-state index < -0.39 is 0 Å². The molecule has 1 aliphatic carbocycles. The zero-order valence-electron chi connectivity index (χ0n) is 14.7. The SMILES string of the molecule is CN=C(NCc1cccnc1OC)NCC1(c2ccccc2)CC1.I. The van der Waals surface area contributed by atoms with E-state index in [1.54, 1.807) is 20.4 Å². The van der Waals surface area contributed by atoms with Crippen molar-refractivity contribution in [3.63, 3.8) is 0 Å². The minimum absolute atomic E-state index is 0. The average molecular weight is 452 g/mol.